The maximum atomic E-state index is 11.1. The van der Waals surface area contributed by atoms with Crippen molar-refractivity contribution in [2.24, 2.45) is 5.92 Å². The van der Waals surface area contributed by atoms with Crippen LogP contribution in [0, 0.1) is 5.92 Å². The Morgan fingerprint density at radius 1 is 1.18 bits per heavy atom. The number of carboxylic acid groups (broad SMARTS) is 1. The molecule has 0 amide bonds. The van der Waals surface area contributed by atoms with Crippen molar-refractivity contribution >= 4 is 17.4 Å². The molecule has 4 nitrogen and oxygen atoms in total. The van der Waals surface area contributed by atoms with E-state index in [9.17, 15) is 4.79 Å². The Bertz CT molecular complexity index is 915. The number of anilines is 1. The fourth-order valence-electron chi connectivity index (χ4n) is 4.44. The van der Waals surface area contributed by atoms with Crippen molar-refractivity contribution in [3.8, 4) is 0 Å². The molecular formula is C24H28N2O2. The Morgan fingerprint density at radius 2 is 1.93 bits per heavy atom. The number of hydrogen-bond donors (Lipinski definition) is 2. The molecule has 0 saturated heterocycles. The fraction of sp³-hybridized carbons (Fsp3) is 0.375. The second-order valence-corrected chi connectivity index (χ2v) is 8.22. The summed E-state index contributed by atoms with van der Waals surface area (Å²) in [7, 11) is 0. The Balaban J connectivity index is 1.56. The molecule has 2 heterocycles. The number of nitrogens with zero attached hydrogens (tertiary/aromatic N) is 1. The van der Waals surface area contributed by atoms with E-state index in [-0.39, 0.29) is 6.04 Å². The number of hydrogen-bond acceptors (Lipinski definition) is 3. The maximum absolute atomic E-state index is 11.1. The maximum Gasteiger partial charge on any atom is 0.335 e. The van der Waals surface area contributed by atoms with Gasteiger partial charge in [-0.05, 0) is 67.6 Å². The molecule has 0 fully saturated rings. The van der Waals surface area contributed by atoms with Crippen molar-refractivity contribution < 1.29 is 9.90 Å². The van der Waals surface area contributed by atoms with Gasteiger partial charge in [-0.15, -0.1) is 0 Å². The van der Waals surface area contributed by atoms with Crippen LogP contribution in [0.1, 0.15) is 60.3 Å². The van der Waals surface area contributed by atoms with E-state index in [0.717, 1.165) is 18.5 Å². The first-order valence-electron chi connectivity index (χ1n) is 10.2. The molecule has 2 atom stereocenters. The number of carboxylic acids is 1. The van der Waals surface area contributed by atoms with Crippen LogP contribution in [0.5, 0.6) is 0 Å². The molecule has 0 bridgehead atoms. The number of rotatable bonds is 4. The SMILES string of the molecule is CC1C=C(c2ccc3c(c2)CCCN3C(C)C)NC1c1ccc(C(=O)O)cc1. The summed E-state index contributed by atoms with van der Waals surface area (Å²) in [6.45, 7) is 7.85. The molecule has 0 spiro atoms. The summed E-state index contributed by atoms with van der Waals surface area (Å²) in [6.07, 6.45) is 4.63. The van der Waals surface area contributed by atoms with Crippen molar-refractivity contribution in [1.82, 2.24) is 5.32 Å². The standard InChI is InChI=1S/C24H28N2O2/c1-15(2)26-12-4-5-20-14-19(10-11-22(20)26)21-13-16(3)23(25-21)17-6-8-18(9-7-17)24(27)28/h6-11,13-16,23,25H,4-5,12H2,1-3H3,(H,27,28). The van der Waals surface area contributed by atoms with E-state index in [0.29, 0.717) is 17.5 Å². The summed E-state index contributed by atoms with van der Waals surface area (Å²) in [5.74, 6) is -0.545. The normalized spacial score (nSPS) is 21.3. The van der Waals surface area contributed by atoms with Crippen molar-refractivity contribution in [2.75, 3.05) is 11.4 Å². The number of benzene rings is 2. The summed E-state index contributed by atoms with van der Waals surface area (Å²) in [6, 6.07) is 14.7. The molecule has 2 aromatic carbocycles. The van der Waals surface area contributed by atoms with Gasteiger partial charge in [0.1, 0.15) is 0 Å². The highest BCUT2D eigenvalue weighted by molar-refractivity contribution is 5.87. The highest BCUT2D eigenvalue weighted by atomic mass is 16.4. The molecule has 2 aliphatic rings. The topological polar surface area (TPSA) is 52.6 Å². The number of carbonyl (C=O) groups is 1. The average molecular weight is 377 g/mol. The number of aryl methyl sites for hydroxylation is 1. The second-order valence-electron chi connectivity index (χ2n) is 8.22. The lowest BCUT2D eigenvalue weighted by Crippen LogP contribution is -2.35. The Hall–Kier alpha value is -2.75. The summed E-state index contributed by atoms with van der Waals surface area (Å²) in [4.78, 5) is 13.6. The van der Waals surface area contributed by atoms with Crippen molar-refractivity contribution in [2.45, 2.75) is 45.7 Å². The van der Waals surface area contributed by atoms with Crippen LogP contribution in [0.15, 0.2) is 48.5 Å². The minimum atomic E-state index is -0.887. The van der Waals surface area contributed by atoms with Gasteiger partial charge in [0.15, 0.2) is 0 Å². The molecule has 2 aliphatic heterocycles. The summed E-state index contributed by atoms with van der Waals surface area (Å²) in [5.41, 5.74) is 6.66. The smallest absolute Gasteiger partial charge is 0.335 e. The van der Waals surface area contributed by atoms with Gasteiger partial charge in [0, 0.05) is 29.9 Å². The zero-order chi connectivity index (χ0) is 19.8. The van der Waals surface area contributed by atoms with Crippen LogP contribution in [-0.2, 0) is 6.42 Å². The van der Waals surface area contributed by atoms with Crippen molar-refractivity contribution in [1.29, 1.82) is 0 Å². The summed E-state index contributed by atoms with van der Waals surface area (Å²) in [5, 5.41) is 12.8. The van der Waals surface area contributed by atoms with Crippen molar-refractivity contribution in [3.63, 3.8) is 0 Å². The molecule has 28 heavy (non-hydrogen) atoms. The highest BCUT2D eigenvalue weighted by Crippen LogP contribution is 2.36. The van der Waals surface area contributed by atoms with Gasteiger partial charge in [0.25, 0.3) is 0 Å². The van der Waals surface area contributed by atoms with E-state index in [1.54, 1.807) is 12.1 Å². The third-order valence-corrected chi connectivity index (χ3v) is 5.95. The molecule has 4 rings (SSSR count). The van der Waals surface area contributed by atoms with Crippen LogP contribution in [0.2, 0.25) is 0 Å². The first-order valence-corrected chi connectivity index (χ1v) is 10.2. The molecule has 0 radical (unpaired) electrons. The first kappa shape index (κ1) is 18.6. The van der Waals surface area contributed by atoms with Crippen LogP contribution in [-0.4, -0.2) is 23.7 Å². The monoisotopic (exact) mass is 376 g/mol. The molecule has 0 aromatic heterocycles. The third-order valence-electron chi connectivity index (χ3n) is 5.95. The van der Waals surface area contributed by atoms with Crippen LogP contribution in [0.4, 0.5) is 5.69 Å². The van der Waals surface area contributed by atoms with E-state index >= 15 is 0 Å². The molecule has 0 saturated carbocycles. The average Bonchev–Trinajstić information content (AvgIpc) is 3.08. The zero-order valence-electron chi connectivity index (χ0n) is 16.8. The molecule has 2 N–H and O–H groups in total. The van der Waals surface area contributed by atoms with E-state index < -0.39 is 5.97 Å². The minimum absolute atomic E-state index is 0.168. The summed E-state index contributed by atoms with van der Waals surface area (Å²) < 4.78 is 0. The lowest BCUT2D eigenvalue weighted by atomic mass is 9.96. The second kappa shape index (κ2) is 7.34. The van der Waals surface area contributed by atoms with Gasteiger partial charge in [0.05, 0.1) is 11.6 Å². The van der Waals surface area contributed by atoms with Crippen LogP contribution in [0.25, 0.3) is 5.70 Å². The number of fused-ring (bicyclic) bond motifs is 1. The molecule has 2 aromatic rings. The van der Waals surface area contributed by atoms with Gasteiger partial charge in [-0.2, -0.15) is 0 Å². The first-order chi connectivity index (χ1) is 13.4. The fourth-order valence-corrected chi connectivity index (χ4v) is 4.44. The molecule has 146 valence electrons. The van der Waals surface area contributed by atoms with Crippen LogP contribution >= 0.6 is 0 Å². The molecular weight excluding hydrogens is 348 g/mol. The van der Waals surface area contributed by atoms with E-state index in [2.05, 4.69) is 55.3 Å². The predicted octanol–water partition coefficient (Wildman–Crippen LogP) is 4.87. The highest BCUT2D eigenvalue weighted by Gasteiger charge is 2.27. The third kappa shape index (κ3) is 3.39. The van der Waals surface area contributed by atoms with E-state index in [1.807, 2.05) is 12.1 Å². The molecule has 0 aliphatic carbocycles. The van der Waals surface area contributed by atoms with Crippen LogP contribution in [0.3, 0.4) is 0 Å². The van der Waals surface area contributed by atoms with Gasteiger partial charge >= 0.3 is 5.97 Å². The predicted molar refractivity (Wildman–Crippen MR) is 114 cm³/mol. The molecule has 2 unspecified atom stereocenters. The van der Waals surface area contributed by atoms with Gasteiger partial charge in [-0.25, -0.2) is 4.79 Å². The number of nitrogens with one attached hydrogen (secondary N) is 1. The Kier molecular flexibility index (Phi) is 4.88. The lowest BCUT2D eigenvalue weighted by molar-refractivity contribution is 0.0697. The Morgan fingerprint density at radius 3 is 2.61 bits per heavy atom. The summed E-state index contributed by atoms with van der Waals surface area (Å²) >= 11 is 0. The van der Waals surface area contributed by atoms with Gasteiger partial charge in [-0.3, -0.25) is 0 Å². The molecule has 4 heteroatoms. The van der Waals surface area contributed by atoms with Crippen molar-refractivity contribution in [3.05, 3.63) is 70.8 Å². The quantitative estimate of drug-likeness (QED) is 0.799. The van der Waals surface area contributed by atoms with E-state index in [4.69, 9.17) is 5.11 Å². The largest absolute Gasteiger partial charge is 0.478 e. The van der Waals surface area contributed by atoms with E-state index in [1.165, 1.54) is 28.9 Å². The van der Waals surface area contributed by atoms with Gasteiger partial charge < -0.3 is 15.3 Å². The zero-order valence-corrected chi connectivity index (χ0v) is 16.8. The lowest BCUT2D eigenvalue weighted by Gasteiger charge is -2.35. The minimum Gasteiger partial charge on any atom is -0.478 e. The van der Waals surface area contributed by atoms with Crippen LogP contribution < -0.4 is 10.2 Å². The Labute approximate surface area is 166 Å². The van der Waals surface area contributed by atoms with Gasteiger partial charge in [-0.1, -0.05) is 31.2 Å². The van der Waals surface area contributed by atoms with Gasteiger partial charge in [0.2, 0.25) is 0 Å². The number of aromatic carboxylic acids is 1.